The predicted octanol–water partition coefficient (Wildman–Crippen LogP) is 2.07. The number of amides is 3. The molecule has 1 aromatic carbocycles. The molecule has 1 aromatic heterocycles. The first kappa shape index (κ1) is 20.8. The zero-order valence-corrected chi connectivity index (χ0v) is 17.5. The Labute approximate surface area is 169 Å². The van der Waals surface area contributed by atoms with Crippen LogP contribution in [0.1, 0.15) is 28.2 Å². The molecule has 1 fully saturated rings. The number of hydrogen-bond acceptors (Lipinski definition) is 6. The van der Waals surface area contributed by atoms with Gasteiger partial charge in [0.05, 0.1) is 4.90 Å². The first-order valence-electron chi connectivity index (χ1n) is 9.25. The van der Waals surface area contributed by atoms with Crippen LogP contribution in [-0.2, 0) is 9.84 Å². The van der Waals surface area contributed by atoms with Crippen LogP contribution in [0, 0.1) is 13.8 Å². The molecule has 3 amide bonds. The van der Waals surface area contributed by atoms with Gasteiger partial charge in [0.15, 0.2) is 15.6 Å². The molecule has 0 spiro atoms. The molecule has 10 heteroatoms. The summed E-state index contributed by atoms with van der Waals surface area (Å²) >= 11 is 0. The molecule has 0 bridgehead atoms. The molecule has 156 valence electrons. The van der Waals surface area contributed by atoms with Crippen LogP contribution >= 0.6 is 0 Å². The Morgan fingerprint density at radius 2 is 1.79 bits per heavy atom. The molecule has 0 saturated carbocycles. The fourth-order valence-corrected chi connectivity index (χ4v) is 3.88. The van der Waals surface area contributed by atoms with E-state index in [2.05, 4.69) is 10.5 Å². The van der Waals surface area contributed by atoms with Gasteiger partial charge in [-0.2, -0.15) is 0 Å². The van der Waals surface area contributed by atoms with Crippen LogP contribution in [-0.4, -0.2) is 67.7 Å². The zero-order valence-electron chi connectivity index (χ0n) is 16.6. The van der Waals surface area contributed by atoms with Crippen molar-refractivity contribution in [2.45, 2.75) is 25.2 Å². The second kappa shape index (κ2) is 8.24. The highest BCUT2D eigenvalue weighted by Gasteiger charge is 2.24. The van der Waals surface area contributed by atoms with E-state index in [1.54, 1.807) is 35.8 Å². The lowest BCUT2D eigenvalue weighted by molar-refractivity contribution is 0.0762. The van der Waals surface area contributed by atoms with Crippen molar-refractivity contribution in [3.8, 4) is 0 Å². The molecule has 2 heterocycles. The molecule has 0 unspecified atom stereocenters. The first-order chi connectivity index (χ1) is 13.7. The van der Waals surface area contributed by atoms with Crippen LogP contribution in [0.3, 0.4) is 0 Å². The van der Waals surface area contributed by atoms with E-state index in [0.717, 1.165) is 6.26 Å². The maximum Gasteiger partial charge on any atom is 0.322 e. The number of carbonyl (C=O) groups is 2. The van der Waals surface area contributed by atoms with Crippen molar-refractivity contribution in [3.05, 3.63) is 41.3 Å². The third-order valence-electron chi connectivity index (χ3n) is 4.84. The maximum atomic E-state index is 12.8. The van der Waals surface area contributed by atoms with Gasteiger partial charge in [0, 0.05) is 38.0 Å². The van der Waals surface area contributed by atoms with E-state index in [0.29, 0.717) is 55.3 Å². The highest BCUT2D eigenvalue weighted by molar-refractivity contribution is 7.90. The number of aromatic nitrogens is 1. The molecule has 1 saturated heterocycles. The monoisotopic (exact) mass is 420 g/mol. The second-order valence-corrected chi connectivity index (χ2v) is 9.08. The van der Waals surface area contributed by atoms with Gasteiger partial charge in [0.1, 0.15) is 11.4 Å². The summed E-state index contributed by atoms with van der Waals surface area (Å²) in [6.45, 7) is 5.19. The Morgan fingerprint density at radius 3 is 2.45 bits per heavy atom. The number of hydrogen-bond donors (Lipinski definition) is 1. The minimum atomic E-state index is -3.39. The molecule has 0 aliphatic carbocycles. The average molecular weight is 420 g/mol. The van der Waals surface area contributed by atoms with Gasteiger partial charge >= 0.3 is 6.03 Å². The number of nitrogens with zero attached hydrogens (tertiary/aromatic N) is 3. The van der Waals surface area contributed by atoms with Crippen molar-refractivity contribution in [2.24, 2.45) is 0 Å². The zero-order chi connectivity index (χ0) is 21.2. The number of benzene rings is 1. The minimum absolute atomic E-state index is 0.110. The Kier molecular flexibility index (Phi) is 5.92. The Hall–Kier alpha value is -2.88. The summed E-state index contributed by atoms with van der Waals surface area (Å²) in [5.41, 5.74) is 1.49. The molecule has 3 rings (SSSR count). The molecular formula is C19H24N4O5S. The summed E-state index contributed by atoms with van der Waals surface area (Å²) in [6.07, 6.45) is 1.73. The van der Waals surface area contributed by atoms with E-state index in [9.17, 15) is 18.0 Å². The fraction of sp³-hybridized carbons (Fsp3) is 0.421. The summed E-state index contributed by atoms with van der Waals surface area (Å²) in [5, 5.41) is 6.64. The van der Waals surface area contributed by atoms with Gasteiger partial charge in [0.2, 0.25) is 0 Å². The second-order valence-electron chi connectivity index (χ2n) is 7.06. The normalized spacial score (nSPS) is 15.1. The number of sulfone groups is 1. The summed E-state index contributed by atoms with van der Waals surface area (Å²) < 4.78 is 28.6. The molecular weight excluding hydrogens is 396 g/mol. The smallest absolute Gasteiger partial charge is 0.322 e. The van der Waals surface area contributed by atoms with Crippen molar-refractivity contribution in [3.63, 3.8) is 0 Å². The highest BCUT2D eigenvalue weighted by atomic mass is 32.2. The SMILES string of the molecule is Cc1noc(C)c1NC(=O)N1CCCN(C(=O)c2cccc(S(C)(=O)=O)c2)CC1. The Balaban J connectivity index is 1.67. The number of nitrogens with one attached hydrogen (secondary N) is 1. The number of carbonyl (C=O) groups excluding carboxylic acids is 2. The molecule has 0 atom stereocenters. The van der Waals surface area contributed by atoms with Gasteiger partial charge in [0.25, 0.3) is 5.91 Å². The van der Waals surface area contributed by atoms with Gasteiger partial charge in [-0.05, 0) is 38.5 Å². The van der Waals surface area contributed by atoms with Crippen molar-refractivity contribution in [1.29, 1.82) is 0 Å². The largest absolute Gasteiger partial charge is 0.359 e. The topological polar surface area (TPSA) is 113 Å². The van der Waals surface area contributed by atoms with Gasteiger partial charge in [-0.1, -0.05) is 11.2 Å². The summed E-state index contributed by atoms with van der Waals surface area (Å²) in [4.78, 5) is 28.8. The summed E-state index contributed by atoms with van der Waals surface area (Å²) in [7, 11) is -3.39. The highest BCUT2D eigenvalue weighted by Crippen LogP contribution is 2.20. The lowest BCUT2D eigenvalue weighted by Gasteiger charge is -2.22. The molecule has 9 nitrogen and oxygen atoms in total. The maximum absolute atomic E-state index is 12.8. The molecule has 1 N–H and O–H groups in total. The minimum Gasteiger partial charge on any atom is -0.359 e. The van der Waals surface area contributed by atoms with Gasteiger partial charge in [-0.15, -0.1) is 0 Å². The van der Waals surface area contributed by atoms with E-state index in [-0.39, 0.29) is 16.8 Å². The van der Waals surface area contributed by atoms with Crippen LogP contribution in [0.5, 0.6) is 0 Å². The van der Waals surface area contributed by atoms with Crippen molar-refractivity contribution in [2.75, 3.05) is 37.8 Å². The van der Waals surface area contributed by atoms with E-state index < -0.39 is 9.84 Å². The molecule has 2 aromatic rings. The van der Waals surface area contributed by atoms with Crippen LogP contribution in [0.2, 0.25) is 0 Å². The Morgan fingerprint density at radius 1 is 1.10 bits per heavy atom. The lowest BCUT2D eigenvalue weighted by atomic mass is 10.2. The van der Waals surface area contributed by atoms with Crippen molar-refractivity contribution in [1.82, 2.24) is 15.0 Å². The van der Waals surface area contributed by atoms with Crippen molar-refractivity contribution >= 4 is 27.5 Å². The predicted molar refractivity (Wildman–Crippen MR) is 107 cm³/mol. The number of urea groups is 1. The van der Waals surface area contributed by atoms with Gasteiger partial charge < -0.3 is 19.6 Å². The van der Waals surface area contributed by atoms with E-state index in [1.807, 2.05) is 0 Å². The van der Waals surface area contributed by atoms with E-state index in [1.165, 1.54) is 12.1 Å². The van der Waals surface area contributed by atoms with Crippen LogP contribution in [0.25, 0.3) is 0 Å². The van der Waals surface area contributed by atoms with Crippen molar-refractivity contribution < 1.29 is 22.5 Å². The number of rotatable bonds is 3. The standard InChI is InChI=1S/C19H24N4O5S/c1-13-17(14(2)28-21-13)20-19(25)23-9-5-8-22(10-11-23)18(24)15-6-4-7-16(12-15)29(3,26)27/h4,6-7,12H,5,8-11H2,1-3H3,(H,20,25). The van der Waals surface area contributed by atoms with Gasteiger partial charge in [-0.3, -0.25) is 4.79 Å². The van der Waals surface area contributed by atoms with Crippen LogP contribution < -0.4 is 5.32 Å². The van der Waals surface area contributed by atoms with Crippen LogP contribution in [0.4, 0.5) is 10.5 Å². The van der Waals surface area contributed by atoms with Gasteiger partial charge in [-0.25, -0.2) is 13.2 Å². The molecule has 0 radical (unpaired) electrons. The average Bonchev–Trinajstić information content (AvgIpc) is 2.89. The van der Waals surface area contributed by atoms with E-state index in [4.69, 9.17) is 4.52 Å². The molecule has 1 aliphatic rings. The third kappa shape index (κ3) is 4.76. The first-order valence-corrected chi connectivity index (χ1v) is 11.1. The summed E-state index contributed by atoms with van der Waals surface area (Å²) in [6, 6.07) is 5.75. The van der Waals surface area contributed by atoms with E-state index >= 15 is 0 Å². The number of aryl methyl sites for hydroxylation is 2. The lowest BCUT2D eigenvalue weighted by Crippen LogP contribution is -2.39. The fourth-order valence-electron chi connectivity index (χ4n) is 3.21. The summed E-state index contributed by atoms with van der Waals surface area (Å²) in [5.74, 6) is 0.289. The Bertz CT molecular complexity index is 1010. The number of anilines is 1. The third-order valence-corrected chi connectivity index (χ3v) is 5.96. The quantitative estimate of drug-likeness (QED) is 0.813. The molecule has 1 aliphatic heterocycles. The molecule has 29 heavy (non-hydrogen) atoms. The van der Waals surface area contributed by atoms with Crippen LogP contribution in [0.15, 0.2) is 33.7 Å².